The number of rotatable bonds is 2. The van der Waals surface area contributed by atoms with Crippen LogP contribution in [0.4, 0.5) is 4.79 Å². The molecule has 3 nitrogen and oxygen atoms in total. The fraction of sp³-hybridized carbons (Fsp3) is 0.611. The van der Waals surface area contributed by atoms with Crippen LogP contribution in [0.3, 0.4) is 0 Å². The van der Waals surface area contributed by atoms with Crippen molar-refractivity contribution in [2.45, 2.75) is 64.0 Å². The van der Waals surface area contributed by atoms with Crippen molar-refractivity contribution in [2.75, 3.05) is 0 Å². The number of hydrogen-bond donors (Lipinski definition) is 2. The highest BCUT2D eigenvalue weighted by atomic mass is 16.2. The normalized spacial score (nSPS) is 28.5. The second kappa shape index (κ2) is 6.50. The minimum absolute atomic E-state index is 0.00968. The van der Waals surface area contributed by atoms with E-state index in [4.69, 9.17) is 0 Å². The van der Waals surface area contributed by atoms with Crippen molar-refractivity contribution in [1.82, 2.24) is 10.6 Å². The Morgan fingerprint density at radius 1 is 1.05 bits per heavy atom. The average molecular weight is 286 g/mol. The number of nitrogens with one attached hydrogen (secondary N) is 2. The van der Waals surface area contributed by atoms with E-state index in [-0.39, 0.29) is 12.1 Å². The number of benzene rings is 1. The third-order valence-corrected chi connectivity index (χ3v) is 5.10. The maximum absolute atomic E-state index is 12.3. The Kier molecular flexibility index (Phi) is 4.47. The van der Waals surface area contributed by atoms with Gasteiger partial charge in [0.25, 0.3) is 0 Å². The van der Waals surface area contributed by atoms with Crippen molar-refractivity contribution in [1.29, 1.82) is 0 Å². The molecule has 114 valence electrons. The highest BCUT2D eigenvalue weighted by Gasteiger charge is 2.25. The summed E-state index contributed by atoms with van der Waals surface area (Å²) < 4.78 is 0. The van der Waals surface area contributed by atoms with Gasteiger partial charge in [0.15, 0.2) is 0 Å². The number of aryl methyl sites for hydroxylation is 1. The maximum Gasteiger partial charge on any atom is 0.315 e. The second-order valence-electron chi connectivity index (χ2n) is 6.63. The number of amides is 2. The number of fused-ring (bicyclic) bond motifs is 1. The predicted octanol–water partition coefficient (Wildman–Crippen LogP) is 3.94. The molecular weight excluding hydrogens is 260 g/mol. The van der Waals surface area contributed by atoms with Crippen LogP contribution in [0.5, 0.6) is 0 Å². The van der Waals surface area contributed by atoms with Crippen molar-refractivity contribution in [3.05, 3.63) is 35.4 Å². The molecule has 2 aliphatic rings. The van der Waals surface area contributed by atoms with Crippen LogP contribution in [-0.4, -0.2) is 12.1 Å². The van der Waals surface area contributed by atoms with E-state index in [1.807, 2.05) is 0 Å². The van der Waals surface area contributed by atoms with Crippen LogP contribution in [0.2, 0.25) is 0 Å². The molecule has 3 atom stereocenters. The first-order valence-electron chi connectivity index (χ1n) is 8.39. The third kappa shape index (κ3) is 3.39. The van der Waals surface area contributed by atoms with Crippen molar-refractivity contribution in [3.63, 3.8) is 0 Å². The van der Waals surface area contributed by atoms with Gasteiger partial charge in [-0.05, 0) is 49.1 Å². The van der Waals surface area contributed by atoms with Gasteiger partial charge in [-0.15, -0.1) is 0 Å². The van der Waals surface area contributed by atoms with Gasteiger partial charge in [0.1, 0.15) is 0 Å². The summed E-state index contributed by atoms with van der Waals surface area (Å²) >= 11 is 0. The number of hydrogen-bond acceptors (Lipinski definition) is 1. The van der Waals surface area contributed by atoms with Crippen LogP contribution >= 0.6 is 0 Å². The van der Waals surface area contributed by atoms with Gasteiger partial charge in [0.05, 0.1) is 6.04 Å². The average Bonchev–Trinajstić information content (AvgIpc) is 2.50. The Balaban J connectivity index is 1.60. The molecule has 1 aromatic carbocycles. The van der Waals surface area contributed by atoms with Crippen LogP contribution in [0.1, 0.15) is 62.6 Å². The molecule has 0 radical (unpaired) electrons. The highest BCUT2D eigenvalue weighted by Crippen LogP contribution is 2.29. The molecule has 21 heavy (non-hydrogen) atoms. The summed E-state index contributed by atoms with van der Waals surface area (Å²) in [6, 6.07) is 9.03. The van der Waals surface area contributed by atoms with E-state index in [1.54, 1.807) is 0 Å². The topological polar surface area (TPSA) is 41.1 Å². The molecule has 1 fully saturated rings. The molecule has 0 heterocycles. The smallest absolute Gasteiger partial charge is 0.315 e. The molecule has 2 aliphatic carbocycles. The lowest BCUT2D eigenvalue weighted by Crippen LogP contribution is -2.47. The van der Waals surface area contributed by atoms with Gasteiger partial charge in [0, 0.05) is 6.04 Å². The first-order chi connectivity index (χ1) is 10.2. The minimum Gasteiger partial charge on any atom is -0.335 e. The summed E-state index contributed by atoms with van der Waals surface area (Å²) in [7, 11) is 0. The maximum atomic E-state index is 12.3. The van der Waals surface area contributed by atoms with Gasteiger partial charge >= 0.3 is 6.03 Å². The van der Waals surface area contributed by atoms with Crippen LogP contribution in [0.15, 0.2) is 24.3 Å². The van der Waals surface area contributed by atoms with Gasteiger partial charge in [-0.3, -0.25) is 0 Å². The lowest BCUT2D eigenvalue weighted by molar-refractivity contribution is 0.217. The number of carbonyl (C=O) groups is 1. The summed E-state index contributed by atoms with van der Waals surface area (Å²) in [6.07, 6.45) is 8.23. The van der Waals surface area contributed by atoms with Crippen LogP contribution in [0.25, 0.3) is 0 Å². The molecule has 0 bridgehead atoms. The van der Waals surface area contributed by atoms with E-state index < -0.39 is 0 Å². The Labute approximate surface area is 127 Å². The van der Waals surface area contributed by atoms with Crippen LogP contribution in [0, 0.1) is 5.92 Å². The van der Waals surface area contributed by atoms with Crippen molar-refractivity contribution >= 4 is 6.03 Å². The zero-order chi connectivity index (χ0) is 14.7. The summed E-state index contributed by atoms with van der Waals surface area (Å²) in [6.45, 7) is 2.25. The van der Waals surface area contributed by atoms with Gasteiger partial charge in [0.2, 0.25) is 0 Å². The Bertz CT molecular complexity index is 500. The highest BCUT2D eigenvalue weighted by molar-refractivity contribution is 5.75. The second-order valence-corrected chi connectivity index (χ2v) is 6.63. The molecular formula is C18H26N2O. The van der Waals surface area contributed by atoms with Gasteiger partial charge in [-0.2, -0.15) is 0 Å². The zero-order valence-corrected chi connectivity index (χ0v) is 12.9. The van der Waals surface area contributed by atoms with Gasteiger partial charge in [-0.1, -0.05) is 44.0 Å². The molecule has 0 aliphatic heterocycles. The first-order valence-corrected chi connectivity index (χ1v) is 8.39. The summed E-state index contributed by atoms with van der Waals surface area (Å²) in [4.78, 5) is 12.3. The molecule has 2 amide bonds. The Morgan fingerprint density at radius 3 is 2.71 bits per heavy atom. The fourth-order valence-electron chi connectivity index (χ4n) is 3.80. The predicted molar refractivity (Wildman–Crippen MR) is 85.2 cm³/mol. The van der Waals surface area contributed by atoms with E-state index in [1.165, 1.54) is 30.4 Å². The van der Waals surface area contributed by atoms with Crippen molar-refractivity contribution in [3.8, 4) is 0 Å². The number of carbonyl (C=O) groups excluding carboxylic acids is 1. The standard InChI is InChI=1S/C18H26N2O/c1-13-7-2-5-11-16(13)19-18(21)20-17-12-6-9-14-8-3-4-10-15(14)17/h3-4,8,10,13,16-17H,2,5-7,9,11-12H2,1H3,(H2,19,20,21). The van der Waals surface area contributed by atoms with Crippen molar-refractivity contribution in [2.24, 2.45) is 5.92 Å². The Morgan fingerprint density at radius 2 is 1.86 bits per heavy atom. The molecule has 3 rings (SSSR count). The molecule has 0 spiro atoms. The molecule has 3 heteroatoms. The molecule has 2 N–H and O–H groups in total. The Hall–Kier alpha value is -1.51. The van der Waals surface area contributed by atoms with Gasteiger partial charge in [-0.25, -0.2) is 4.79 Å². The summed E-state index contributed by atoms with van der Waals surface area (Å²) in [5.41, 5.74) is 2.69. The van der Waals surface area contributed by atoms with Crippen LogP contribution < -0.4 is 10.6 Å². The lowest BCUT2D eigenvalue weighted by atomic mass is 9.86. The van der Waals surface area contributed by atoms with Crippen LogP contribution in [-0.2, 0) is 6.42 Å². The number of urea groups is 1. The van der Waals surface area contributed by atoms with E-state index in [0.29, 0.717) is 12.0 Å². The molecule has 0 saturated heterocycles. The van der Waals surface area contributed by atoms with E-state index in [9.17, 15) is 4.79 Å². The SMILES string of the molecule is CC1CCCCC1NC(=O)NC1CCCc2ccccc21. The zero-order valence-electron chi connectivity index (χ0n) is 12.9. The van der Waals surface area contributed by atoms with E-state index in [0.717, 1.165) is 25.7 Å². The van der Waals surface area contributed by atoms with E-state index >= 15 is 0 Å². The fourth-order valence-corrected chi connectivity index (χ4v) is 3.80. The molecule has 0 aromatic heterocycles. The largest absolute Gasteiger partial charge is 0.335 e. The summed E-state index contributed by atoms with van der Waals surface area (Å²) in [5.74, 6) is 0.600. The quantitative estimate of drug-likeness (QED) is 0.849. The third-order valence-electron chi connectivity index (χ3n) is 5.10. The van der Waals surface area contributed by atoms with E-state index in [2.05, 4.69) is 41.8 Å². The monoisotopic (exact) mass is 286 g/mol. The molecule has 1 saturated carbocycles. The molecule has 1 aromatic rings. The lowest BCUT2D eigenvalue weighted by Gasteiger charge is -2.31. The minimum atomic E-state index is 0.00968. The van der Waals surface area contributed by atoms with Crippen molar-refractivity contribution < 1.29 is 4.79 Å². The first kappa shape index (κ1) is 14.4. The summed E-state index contributed by atoms with van der Waals surface area (Å²) in [5, 5.41) is 6.39. The van der Waals surface area contributed by atoms with Gasteiger partial charge < -0.3 is 10.6 Å². The molecule has 3 unspecified atom stereocenters.